The molecule has 2 aromatic carbocycles. The minimum Gasteiger partial charge on any atom is -0.489 e. The first-order chi connectivity index (χ1) is 12.0. The number of hydrogen-bond acceptors (Lipinski definition) is 4. The van der Waals surface area contributed by atoms with E-state index in [2.05, 4.69) is 17.2 Å². The van der Waals surface area contributed by atoms with Crippen molar-refractivity contribution in [3.63, 3.8) is 0 Å². The van der Waals surface area contributed by atoms with Crippen LogP contribution in [0.15, 0.2) is 60.7 Å². The zero-order valence-electron chi connectivity index (χ0n) is 14.0. The van der Waals surface area contributed by atoms with Gasteiger partial charge in [0.2, 0.25) is 5.91 Å². The molecule has 0 saturated heterocycles. The van der Waals surface area contributed by atoms with E-state index in [1.54, 1.807) is 48.5 Å². The maximum atomic E-state index is 12.1. The van der Waals surface area contributed by atoms with Crippen LogP contribution in [0.2, 0.25) is 0 Å². The molecule has 0 radical (unpaired) electrons. The molecule has 0 fully saturated rings. The molecule has 2 rings (SSSR count). The Hall–Kier alpha value is -3.28. The molecule has 2 aromatic rings. The topological polar surface area (TPSA) is 93.4 Å². The monoisotopic (exact) mass is 339 g/mol. The third-order valence-electron chi connectivity index (χ3n) is 3.23. The quantitative estimate of drug-likeness (QED) is 0.645. The fourth-order valence-corrected chi connectivity index (χ4v) is 2.10. The number of ether oxygens (including phenoxy) is 1. The molecule has 6 nitrogen and oxygen atoms in total. The molecular formula is C19H21N3O3. The van der Waals surface area contributed by atoms with Crippen LogP contribution in [-0.2, 0) is 4.79 Å². The molecule has 25 heavy (non-hydrogen) atoms. The number of carbonyl (C=O) groups is 2. The van der Waals surface area contributed by atoms with E-state index in [4.69, 9.17) is 10.5 Å². The standard InChI is InChI=1S/C19H21N3O3/c1-13(2)12-25-15-7-5-6-14(10-15)22-18(23)11-21-17-9-4-3-8-16(17)19(20)24/h3-10,21H,1,11-12H2,2H3,(H2,20,24)(H,22,23). The highest BCUT2D eigenvalue weighted by molar-refractivity contribution is 6.00. The van der Waals surface area contributed by atoms with Gasteiger partial charge in [0.25, 0.3) is 5.91 Å². The SMILES string of the molecule is C=C(C)COc1cccc(NC(=O)CNc2ccccc2C(N)=O)c1. The van der Waals surface area contributed by atoms with Gasteiger partial charge in [-0.15, -0.1) is 0 Å². The number of carbonyl (C=O) groups excluding carboxylic acids is 2. The molecule has 0 heterocycles. The normalized spacial score (nSPS) is 9.96. The summed E-state index contributed by atoms with van der Waals surface area (Å²) in [6.07, 6.45) is 0. The van der Waals surface area contributed by atoms with E-state index < -0.39 is 5.91 Å². The van der Waals surface area contributed by atoms with Crippen molar-refractivity contribution in [1.29, 1.82) is 0 Å². The van der Waals surface area contributed by atoms with E-state index in [-0.39, 0.29) is 12.5 Å². The Bertz CT molecular complexity index is 787. The molecule has 0 saturated carbocycles. The summed E-state index contributed by atoms with van der Waals surface area (Å²) >= 11 is 0. The van der Waals surface area contributed by atoms with Gasteiger partial charge in [-0.25, -0.2) is 0 Å². The summed E-state index contributed by atoms with van der Waals surface area (Å²) in [6.45, 7) is 6.07. The minimum atomic E-state index is -0.550. The van der Waals surface area contributed by atoms with E-state index in [1.807, 2.05) is 6.92 Å². The number of nitrogens with two attached hydrogens (primary N) is 1. The van der Waals surface area contributed by atoms with E-state index in [9.17, 15) is 9.59 Å². The highest BCUT2D eigenvalue weighted by Gasteiger charge is 2.09. The smallest absolute Gasteiger partial charge is 0.250 e. The van der Waals surface area contributed by atoms with Crippen molar-refractivity contribution in [3.8, 4) is 5.75 Å². The molecule has 0 aliphatic rings. The first kappa shape index (κ1) is 18.1. The Morgan fingerprint density at radius 3 is 2.64 bits per heavy atom. The highest BCUT2D eigenvalue weighted by atomic mass is 16.5. The van der Waals surface area contributed by atoms with Gasteiger partial charge in [-0.05, 0) is 36.8 Å². The van der Waals surface area contributed by atoms with Gasteiger partial charge in [0.05, 0.1) is 12.1 Å². The first-order valence-electron chi connectivity index (χ1n) is 7.75. The van der Waals surface area contributed by atoms with Crippen molar-refractivity contribution >= 4 is 23.2 Å². The van der Waals surface area contributed by atoms with Gasteiger partial charge in [0, 0.05) is 17.4 Å². The average Bonchev–Trinajstić information content (AvgIpc) is 2.58. The molecule has 0 aliphatic heterocycles. The Labute approximate surface area is 146 Å². The van der Waals surface area contributed by atoms with Gasteiger partial charge < -0.3 is 21.1 Å². The Balaban J connectivity index is 1.94. The van der Waals surface area contributed by atoms with Crippen molar-refractivity contribution in [2.75, 3.05) is 23.8 Å². The van der Waals surface area contributed by atoms with Crippen molar-refractivity contribution in [2.24, 2.45) is 5.73 Å². The minimum absolute atomic E-state index is 0.00113. The lowest BCUT2D eigenvalue weighted by atomic mass is 10.1. The lowest BCUT2D eigenvalue weighted by Gasteiger charge is -2.11. The van der Waals surface area contributed by atoms with Crippen LogP contribution in [0.3, 0.4) is 0 Å². The van der Waals surface area contributed by atoms with E-state index in [0.29, 0.717) is 29.3 Å². The number of benzene rings is 2. The Morgan fingerprint density at radius 1 is 1.16 bits per heavy atom. The van der Waals surface area contributed by atoms with Crippen molar-refractivity contribution < 1.29 is 14.3 Å². The van der Waals surface area contributed by atoms with Crippen molar-refractivity contribution in [2.45, 2.75) is 6.92 Å². The van der Waals surface area contributed by atoms with Crippen LogP contribution in [-0.4, -0.2) is 25.0 Å². The van der Waals surface area contributed by atoms with E-state index >= 15 is 0 Å². The lowest BCUT2D eigenvalue weighted by molar-refractivity contribution is -0.114. The zero-order chi connectivity index (χ0) is 18.2. The number of anilines is 2. The maximum Gasteiger partial charge on any atom is 0.250 e. The molecule has 0 spiro atoms. The van der Waals surface area contributed by atoms with Crippen LogP contribution in [0.5, 0.6) is 5.75 Å². The Morgan fingerprint density at radius 2 is 1.92 bits per heavy atom. The summed E-state index contributed by atoms with van der Waals surface area (Å²) < 4.78 is 5.54. The second kappa shape index (κ2) is 8.54. The fourth-order valence-electron chi connectivity index (χ4n) is 2.10. The van der Waals surface area contributed by atoms with Gasteiger partial charge in [-0.2, -0.15) is 0 Å². The van der Waals surface area contributed by atoms with Crippen molar-refractivity contribution in [3.05, 3.63) is 66.2 Å². The van der Waals surface area contributed by atoms with Crippen LogP contribution in [0.4, 0.5) is 11.4 Å². The van der Waals surface area contributed by atoms with Gasteiger partial charge in [-0.1, -0.05) is 24.8 Å². The summed E-state index contributed by atoms with van der Waals surface area (Å²) in [4.78, 5) is 23.5. The summed E-state index contributed by atoms with van der Waals surface area (Å²) in [5.41, 5.74) is 7.70. The van der Waals surface area contributed by atoms with Crippen LogP contribution in [0, 0.1) is 0 Å². The summed E-state index contributed by atoms with van der Waals surface area (Å²) in [5.74, 6) is -0.157. The second-order valence-electron chi connectivity index (χ2n) is 5.59. The van der Waals surface area contributed by atoms with Crippen LogP contribution in [0.25, 0.3) is 0 Å². The summed E-state index contributed by atoms with van der Waals surface area (Å²) in [5, 5.41) is 5.68. The van der Waals surface area contributed by atoms with Gasteiger partial charge >= 0.3 is 0 Å². The lowest BCUT2D eigenvalue weighted by Crippen LogP contribution is -2.23. The Kier molecular flexibility index (Phi) is 6.17. The van der Waals surface area contributed by atoms with Gasteiger partial charge in [-0.3, -0.25) is 9.59 Å². The van der Waals surface area contributed by atoms with Crippen molar-refractivity contribution in [1.82, 2.24) is 0 Å². The molecule has 0 atom stereocenters. The predicted octanol–water partition coefficient (Wildman–Crippen LogP) is 2.79. The highest BCUT2D eigenvalue weighted by Crippen LogP contribution is 2.18. The van der Waals surface area contributed by atoms with Crippen LogP contribution < -0.4 is 21.1 Å². The third kappa shape index (κ3) is 5.69. The largest absolute Gasteiger partial charge is 0.489 e. The number of amides is 2. The first-order valence-corrected chi connectivity index (χ1v) is 7.75. The second-order valence-corrected chi connectivity index (χ2v) is 5.59. The number of para-hydroxylation sites is 1. The van der Waals surface area contributed by atoms with E-state index in [1.165, 1.54) is 0 Å². The number of hydrogen-bond donors (Lipinski definition) is 3. The molecule has 2 amide bonds. The molecular weight excluding hydrogens is 318 g/mol. The third-order valence-corrected chi connectivity index (χ3v) is 3.23. The predicted molar refractivity (Wildman–Crippen MR) is 98.8 cm³/mol. The average molecular weight is 339 g/mol. The zero-order valence-corrected chi connectivity index (χ0v) is 14.0. The molecule has 6 heteroatoms. The molecule has 130 valence electrons. The van der Waals surface area contributed by atoms with Crippen LogP contribution in [0.1, 0.15) is 17.3 Å². The summed E-state index contributed by atoms with van der Waals surface area (Å²) in [7, 11) is 0. The fraction of sp³-hybridized carbons (Fsp3) is 0.158. The molecule has 0 aliphatic carbocycles. The molecule has 0 bridgehead atoms. The molecule has 4 N–H and O–H groups in total. The van der Waals surface area contributed by atoms with Gasteiger partial charge in [0.1, 0.15) is 12.4 Å². The van der Waals surface area contributed by atoms with Crippen LogP contribution >= 0.6 is 0 Å². The van der Waals surface area contributed by atoms with E-state index in [0.717, 1.165) is 5.57 Å². The number of nitrogens with one attached hydrogen (secondary N) is 2. The molecule has 0 unspecified atom stereocenters. The molecule has 0 aromatic heterocycles. The number of primary amides is 1. The van der Waals surface area contributed by atoms with Gasteiger partial charge in [0.15, 0.2) is 0 Å². The maximum absolute atomic E-state index is 12.1. The number of rotatable bonds is 8. The summed E-state index contributed by atoms with van der Waals surface area (Å²) in [6, 6.07) is 13.9.